The maximum absolute atomic E-state index is 11.3. The Labute approximate surface area is 124 Å². The van der Waals surface area contributed by atoms with Crippen molar-refractivity contribution in [2.45, 2.75) is 20.5 Å². The minimum atomic E-state index is -0.467. The molecular formula is C17H19NO3. The third-order valence-electron chi connectivity index (χ3n) is 3.15. The van der Waals surface area contributed by atoms with Crippen LogP contribution in [0.2, 0.25) is 0 Å². The first kappa shape index (κ1) is 14.9. The van der Waals surface area contributed by atoms with Crippen molar-refractivity contribution in [3.05, 3.63) is 58.7 Å². The molecule has 0 fully saturated rings. The molecule has 0 radical (unpaired) electrons. The van der Waals surface area contributed by atoms with E-state index in [1.165, 1.54) is 0 Å². The molecule has 4 nitrogen and oxygen atoms in total. The monoisotopic (exact) mass is 285 g/mol. The number of primary amides is 1. The first-order valence-electron chi connectivity index (χ1n) is 6.67. The minimum Gasteiger partial charge on any atom is -0.496 e. The van der Waals surface area contributed by atoms with Crippen LogP contribution in [0.15, 0.2) is 36.4 Å². The van der Waals surface area contributed by atoms with Gasteiger partial charge in [-0.2, -0.15) is 0 Å². The zero-order valence-corrected chi connectivity index (χ0v) is 12.5. The molecule has 0 spiro atoms. The lowest BCUT2D eigenvalue weighted by Gasteiger charge is -2.12. The number of aryl methyl sites for hydroxylation is 2. The lowest BCUT2D eigenvalue weighted by Crippen LogP contribution is -2.12. The summed E-state index contributed by atoms with van der Waals surface area (Å²) in [7, 11) is 1.58. The molecule has 0 aliphatic rings. The predicted molar refractivity (Wildman–Crippen MR) is 81.8 cm³/mol. The Bertz CT molecular complexity index is 645. The fourth-order valence-corrected chi connectivity index (χ4v) is 2.22. The summed E-state index contributed by atoms with van der Waals surface area (Å²) in [6, 6.07) is 11.1. The second kappa shape index (κ2) is 6.31. The number of amides is 1. The zero-order valence-electron chi connectivity index (χ0n) is 12.5. The number of carbonyl (C=O) groups is 1. The van der Waals surface area contributed by atoms with Crippen molar-refractivity contribution in [3.8, 4) is 11.5 Å². The largest absolute Gasteiger partial charge is 0.496 e. The Morgan fingerprint density at radius 3 is 2.33 bits per heavy atom. The van der Waals surface area contributed by atoms with E-state index in [0.29, 0.717) is 17.9 Å². The fraction of sp³-hybridized carbons (Fsp3) is 0.235. The number of hydrogen-bond acceptors (Lipinski definition) is 3. The van der Waals surface area contributed by atoms with Crippen LogP contribution in [-0.2, 0) is 6.61 Å². The Morgan fingerprint density at radius 1 is 1.10 bits per heavy atom. The first-order valence-corrected chi connectivity index (χ1v) is 6.67. The highest BCUT2D eigenvalue weighted by Gasteiger charge is 2.09. The normalized spacial score (nSPS) is 10.2. The second-order valence-electron chi connectivity index (χ2n) is 5.00. The number of benzene rings is 2. The minimum absolute atomic E-state index is 0.313. The van der Waals surface area contributed by atoms with Gasteiger partial charge in [0.25, 0.3) is 0 Å². The molecule has 110 valence electrons. The van der Waals surface area contributed by atoms with E-state index in [1.54, 1.807) is 25.3 Å². The molecule has 2 aromatic carbocycles. The number of ether oxygens (including phenoxy) is 2. The third kappa shape index (κ3) is 3.75. The average Bonchev–Trinajstić information content (AvgIpc) is 2.43. The smallest absolute Gasteiger partial charge is 0.248 e. The summed E-state index contributed by atoms with van der Waals surface area (Å²) in [5.41, 5.74) is 8.81. The standard InChI is InChI=1S/C17H19NO3/c1-11-6-12(2)8-15(7-11)21-10-14-9-13(17(18)19)4-5-16(14)20-3/h4-9H,10H2,1-3H3,(H2,18,19). The molecule has 2 N–H and O–H groups in total. The van der Waals surface area contributed by atoms with Gasteiger partial charge in [-0.3, -0.25) is 4.79 Å². The molecule has 0 aromatic heterocycles. The maximum atomic E-state index is 11.3. The second-order valence-corrected chi connectivity index (χ2v) is 5.00. The van der Waals surface area contributed by atoms with E-state index in [-0.39, 0.29) is 0 Å². The molecule has 0 saturated carbocycles. The van der Waals surface area contributed by atoms with Crippen molar-refractivity contribution in [1.82, 2.24) is 0 Å². The predicted octanol–water partition coefficient (Wildman–Crippen LogP) is 2.99. The average molecular weight is 285 g/mol. The highest BCUT2D eigenvalue weighted by molar-refractivity contribution is 5.93. The summed E-state index contributed by atoms with van der Waals surface area (Å²) < 4.78 is 11.1. The third-order valence-corrected chi connectivity index (χ3v) is 3.15. The van der Waals surface area contributed by atoms with E-state index in [2.05, 4.69) is 6.07 Å². The molecule has 2 aromatic rings. The van der Waals surface area contributed by atoms with Crippen LogP contribution in [0.25, 0.3) is 0 Å². The molecule has 0 bridgehead atoms. The lowest BCUT2D eigenvalue weighted by molar-refractivity contribution is 0.1000. The van der Waals surface area contributed by atoms with Crippen LogP contribution in [0.4, 0.5) is 0 Å². The van der Waals surface area contributed by atoms with Crippen LogP contribution < -0.4 is 15.2 Å². The van der Waals surface area contributed by atoms with Crippen molar-refractivity contribution >= 4 is 5.91 Å². The molecule has 0 aliphatic carbocycles. The Kier molecular flexibility index (Phi) is 4.48. The van der Waals surface area contributed by atoms with Crippen LogP contribution in [0.3, 0.4) is 0 Å². The van der Waals surface area contributed by atoms with Crippen LogP contribution >= 0.6 is 0 Å². The van der Waals surface area contributed by atoms with E-state index < -0.39 is 5.91 Å². The van der Waals surface area contributed by atoms with Gasteiger partial charge in [-0.15, -0.1) is 0 Å². The van der Waals surface area contributed by atoms with Crippen LogP contribution in [0.5, 0.6) is 11.5 Å². The van der Waals surface area contributed by atoms with Gasteiger partial charge in [-0.1, -0.05) is 6.07 Å². The van der Waals surface area contributed by atoms with Crippen LogP contribution in [0.1, 0.15) is 27.0 Å². The van der Waals surface area contributed by atoms with Crippen LogP contribution in [-0.4, -0.2) is 13.0 Å². The summed E-state index contributed by atoms with van der Waals surface area (Å²) in [6.07, 6.45) is 0. The van der Waals surface area contributed by atoms with Gasteiger partial charge in [0.05, 0.1) is 7.11 Å². The van der Waals surface area contributed by atoms with E-state index in [4.69, 9.17) is 15.2 Å². The number of nitrogens with two attached hydrogens (primary N) is 1. The van der Waals surface area contributed by atoms with Gasteiger partial charge >= 0.3 is 0 Å². The van der Waals surface area contributed by atoms with Gasteiger partial charge in [0.2, 0.25) is 5.91 Å². The number of rotatable bonds is 5. The van der Waals surface area contributed by atoms with E-state index >= 15 is 0 Å². The van der Waals surface area contributed by atoms with Crippen molar-refractivity contribution in [2.75, 3.05) is 7.11 Å². The fourth-order valence-electron chi connectivity index (χ4n) is 2.22. The summed E-state index contributed by atoms with van der Waals surface area (Å²) in [5, 5.41) is 0. The quantitative estimate of drug-likeness (QED) is 0.918. The summed E-state index contributed by atoms with van der Waals surface area (Å²) in [4.78, 5) is 11.3. The summed E-state index contributed by atoms with van der Waals surface area (Å²) in [5.74, 6) is 0.994. The van der Waals surface area contributed by atoms with Gasteiger partial charge in [-0.05, 0) is 55.3 Å². The van der Waals surface area contributed by atoms with Gasteiger partial charge in [0.1, 0.15) is 18.1 Å². The SMILES string of the molecule is COc1ccc(C(N)=O)cc1COc1cc(C)cc(C)c1. The zero-order chi connectivity index (χ0) is 15.4. The first-order chi connectivity index (χ1) is 9.99. The van der Waals surface area contributed by atoms with Crippen molar-refractivity contribution in [1.29, 1.82) is 0 Å². The van der Waals surface area contributed by atoms with E-state index in [0.717, 1.165) is 22.4 Å². The van der Waals surface area contributed by atoms with Crippen molar-refractivity contribution in [2.24, 2.45) is 5.73 Å². The number of carbonyl (C=O) groups excluding carboxylic acids is 1. The Hall–Kier alpha value is -2.49. The molecule has 1 amide bonds. The van der Waals surface area contributed by atoms with E-state index in [1.807, 2.05) is 26.0 Å². The molecule has 0 unspecified atom stereocenters. The highest BCUT2D eigenvalue weighted by atomic mass is 16.5. The molecule has 4 heteroatoms. The highest BCUT2D eigenvalue weighted by Crippen LogP contribution is 2.23. The lowest BCUT2D eigenvalue weighted by atomic mass is 10.1. The molecule has 2 rings (SSSR count). The Balaban J connectivity index is 2.21. The van der Waals surface area contributed by atoms with Gasteiger partial charge in [-0.25, -0.2) is 0 Å². The molecule has 0 saturated heterocycles. The molecular weight excluding hydrogens is 266 g/mol. The van der Waals surface area contributed by atoms with Gasteiger partial charge < -0.3 is 15.2 Å². The summed E-state index contributed by atoms with van der Waals surface area (Å²) in [6.45, 7) is 4.36. The summed E-state index contributed by atoms with van der Waals surface area (Å²) >= 11 is 0. The topological polar surface area (TPSA) is 61.5 Å². The van der Waals surface area contributed by atoms with Gasteiger partial charge in [0, 0.05) is 11.1 Å². The van der Waals surface area contributed by atoms with Crippen LogP contribution in [0, 0.1) is 13.8 Å². The molecule has 0 aliphatic heterocycles. The molecule has 21 heavy (non-hydrogen) atoms. The molecule has 0 atom stereocenters. The number of hydrogen-bond donors (Lipinski definition) is 1. The maximum Gasteiger partial charge on any atom is 0.248 e. The number of methoxy groups -OCH3 is 1. The van der Waals surface area contributed by atoms with Gasteiger partial charge in [0.15, 0.2) is 0 Å². The Morgan fingerprint density at radius 2 is 1.76 bits per heavy atom. The molecule has 0 heterocycles. The van der Waals surface area contributed by atoms with Crippen molar-refractivity contribution in [3.63, 3.8) is 0 Å². The van der Waals surface area contributed by atoms with E-state index in [9.17, 15) is 4.79 Å². The van der Waals surface area contributed by atoms with Crippen molar-refractivity contribution < 1.29 is 14.3 Å².